The number of halogens is 20. The second-order valence-electron chi connectivity index (χ2n) is 10.3. The van der Waals surface area contributed by atoms with Gasteiger partial charge in [0.05, 0.1) is 0 Å². The normalized spacial score (nSPS) is 22.7. The molecule has 4 aliphatic rings. The third-order valence-corrected chi connectivity index (χ3v) is 6.31. The summed E-state index contributed by atoms with van der Waals surface area (Å²) < 4.78 is 253. The second-order valence-corrected chi connectivity index (χ2v) is 10.3. The molecule has 0 radical (unpaired) electrons. The highest BCUT2D eigenvalue weighted by atomic mass is 19.4. The van der Waals surface area contributed by atoms with E-state index in [1.165, 1.54) is 0 Å². The van der Waals surface area contributed by atoms with Crippen LogP contribution in [-0.4, -0.2) is 48.1 Å². The fraction of sp³-hybridized carbons (Fsp3) is 0.333. The van der Waals surface area contributed by atoms with Gasteiger partial charge in [0, 0.05) is 0 Å². The minimum Gasteiger partial charge on any atom is -0.457 e. The molecular formula is C30H18F20O5. The first-order valence-electron chi connectivity index (χ1n) is 13.8. The zero-order chi connectivity index (χ0) is 42.6. The van der Waals surface area contributed by atoms with Crippen LogP contribution in [0.25, 0.3) is 0 Å². The van der Waals surface area contributed by atoms with E-state index in [1.807, 2.05) is 62.4 Å². The van der Waals surface area contributed by atoms with Crippen LogP contribution < -0.4 is 4.74 Å². The van der Waals surface area contributed by atoms with Crippen LogP contribution in [0.1, 0.15) is 11.1 Å². The van der Waals surface area contributed by atoms with Crippen molar-refractivity contribution in [3.05, 3.63) is 108 Å². The van der Waals surface area contributed by atoms with Crippen molar-refractivity contribution >= 4 is 0 Å². The Morgan fingerprint density at radius 2 is 0.564 bits per heavy atom. The SMILES string of the molecule is Cc1ccccc1Oc1ccccc1C.FC1=COC(F)(F)C1(F)F.FC1=COC(F)(F)C1(F)F.FC1=COC(F)(F)C1(F)F.FC1=COC(F)(F)C1(F)F. The Kier molecular flexibility index (Phi) is 13.4. The van der Waals surface area contributed by atoms with Gasteiger partial charge in [-0.15, -0.1) is 0 Å². The van der Waals surface area contributed by atoms with E-state index in [0.717, 1.165) is 22.6 Å². The first-order valence-corrected chi connectivity index (χ1v) is 13.8. The summed E-state index contributed by atoms with van der Waals surface area (Å²) in [6, 6.07) is 16.1. The summed E-state index contributed by atoms with van der Waals surface area (Å²) in [4.78, 5) is 0. The Morgan fingerprint density at radius 1 is 0.364 bits per heavy atom. The molecule has 6 rings (SSSR count). The number of para-hydroxylation sites is 2. The van der Waals surface area contributed by atoms with Gasteiger partial charge in [0.25, 0.3) is 0 Å². The summed E-state index contributed by atoms with van der Waals surface area (Å²) in [6.07, 6.45) is -20.1. The van der Waals surface area contributed by atoms with Gasteiger partial charge in [-0.3, -0.25) is 0 Å². The molecule has 0 amide bonds. The van der Waals surface area contributed by atoms with Gasteiger partial charge in [0.15, 0.2) is 0 Å². The fourth-order valence-corrected chi connectivity index (χ4v) is 3.11. The lowest BCUT2D eigenvalue weighted by Gasteiger charge is -2.15. The molecule has 0 aliphatic carbocycles. The Labute approximate surface area is 293 Å². The molecule has 0 bridgehead atoms. The molecule has 4 aliphatic heterocycles. The predicted octanol–water partition coefficient (Wildman–Crippen LogP) is 12.3. The predicted molar refractivity (Wildman–Crippen MR) is 143 cm³/mol. The van der Waals surface area contributed by atoms with Crippen LogP contribution in [-0.2, 0) is 18.9 Å². The van der Waals surface area contributed by atoms with Crippen LogP contribution in [0.15, 0.2) is 96.9 Å². The van der Waals surface area contributed by atoms with Crippen molar-refractivity contribution in [2.24, 2.45) is 0 Å². The largest absolute Gasteiger partial charge is 0.471 e. The minimum atomic E-state index is -4.81. The highest BCUT2D eigenvalue weighted by Crippen LogP contribution is 2.48. The van der Waals surface area contributed by atoms with E-state index < -0.39 is 71.4 Å². The molecule has 0 unspecified atom stereocenters. The van der Waals surface area contributed by atoms with Crippen molar-refractivity contribution in [2.75, 3.05) is 0 Å². The highest BCUT2D eigenvalue weighted by molar-refractivity contribution is 5.40. The molecule has 25 heteroatoms. The van der Waals surface area contributed by atoms with Crippen molar-refractivity contribution in [1.29, 1.82) is 0 Å². The van der Waals surface area contributed by atoms with Crippen LogP contribution in [0.4, 0.5) is 87.8 Å². The van der Waals surface area contributed by atoms with Crippen molar-refractivity contribution in [3.63, 3.8) is 0 Å². The molecule has 0 atom stereocenters. The summed E-state index contributed by atoms with van der Waals surface area (Å²) in [7, 11) is 0. The molecule has 0 N–H and O–H groups in total. The van der Waals surface area contributed by atoms with Crippen LogP contribution in [0.2, 0.25) is 0 Å². The van der Waals surface area contributed by atoms with Crippen molar-refractivity contribution in [2.45, 2.75) is 62.0 Å². The Balaban J connectivity index is 0.000000241. The second kappa shape index (κ2) is 16.0. The lowest BCUT2D eigenvalue weighted by atomic mass is 10.2. The Bertz CT molecular complexity index is 1570. The van der Waals surface area contributed by atoms with Gasteiger partial charge in [0.2, 0.25) is 23.3 Å². The molecule has 0 aromatic heterocycles. The smallest absolute Gasteiger partial charge is 0.457 e. The first kappa shape index (κ1) is 46.2. The van der Waals surface area contributed by atoms with Crippen LogP contribution in [0.5, 0.6) is 11.5 Å². The van der Waals surface area contributed by atoms with Crippen molar-refractivity contribution < 1.29 is 111 Å². The zero-order valence-electron chi connectivity index (χ0n) is 26.5. The summed E-state index contributed by atoms with van der Waals surface area (Å²) in [5.74, 6) is -26.4. The molecule has 4 heterocycles. The summed E-state index contributed by atoms with van der Waals surface area (Å²) >= 11 is 0. The van der Waals surface area contributed by atoms with Gasteiger partial charge in [-0.1, -0.05) is 36.4 Å². The van der Waals surface area contributed by atoms with E-state index in [9.17, 15) is 87.8 Å². The molecule has 5 nitrogen and oxygen atoms in total. The van der Waals surface area contributed by atoms with E-state index in [4.69, 9.17) is 4.74 Å². The van der Waals surface area contributed by atoms with Crippen LogP contribution in [0.3, 0.4) is 0 Å². The maximum atomic E-state index is 11.8. The molecule has 0 saturated heterocycles. The van der Waals surface area contributed by atoms with Crippen LogP contribution >= 0.6 is 0 Å². The minimum absolute atomic E-state index is 0.292. The first-order chi connectivity index (χ1) is 24.8. The third-order valence-electron chi connectivity index (χ3n) is 6.31. The Morgan fingerprint density at radius 3 is 0.691 bits per heavy atom. The lowest BCUT2D eigenvalue weighted by molar-refractivity contribution is -0.297. The zero-order valence-corrected chi connectivity index (χ0v) is 26.5. The molecule has 0 fully saturated rings. The van der Waals surface area contributed by atoms with E-state index in [-0.39, 0.29) is 25.0 Å². The van der Waals surface area contributed by atoms with Crippen LogP contribution in [0, 0.1) is 13.8 Å². The summed E-state index contributed by atoms with van der Waals surface area (Å²) in [5, 5.41) is 0. The van der Waals surface area contributed by atoms with Gasteiger partial charge < -0.3 is 23.7 Å². The third kappa shape index (κ3) is 9.82. The lowest BCUT2D eigenvalue weighted by Crippen LogP contribution is -2.37. The number of aryl methyl sites for hydroxylation is 2. The van der Waals surface area contributed by atoms with Gasteiger partial charge in [-0.25, -0.2) is 17.6 Å². The number of hydrogen-bond acceptors (Lipinski definition) is 5. The van der Waals surface area contributed by atoms with E-state index in [1.54, 1.807) is 0 Å². The quantitative estimate of drug-likeness (QED) is 0.282. The Hall–Kier alpha value is -5.00. The van der Waals surface area contributed by atoms with Gasteiger partial charge in [0.1, 0.15) is 36.5 Å². The maximum Gasteiger partial charge on any atom is 0.471 e. The van der Waals surface area contributed by atoms with Gasteiger partial charge in [-0.05, 0) is 37.1 Å². The standard InChI is InChI=1S/C14H14O.4C4HF5O/c1-11-7-3-5-9-13(11)15-14-10-6-4-8-12(14)2;4*5-2-1-10-4(8,9)3(2,6)7/h3-10H,1-2H3;4*1H. The van der Waals surface area contributed by atoms with Crippen molar-refractivity contribution in [3.8, 4) is 11.5 Å². The number of ether oxygens (including phenoxy) is 5. The number of alkyl halides is 16. The summed E-state index contributed by atoms with van der Waals surface area (Å²) in [5.41, 5.74) is 2.31. The van der Waals surface area contributed by atoms with E-state index >= 15 is 0 Å². The molecule has 0 spiro atoms. The number of hydrogen-bond donors (Lipinski definition) is 0. The molecule has 308 valence electrons. The molecular weight excluding hydrogens is 820 g/mol. The monoisotopic (exact) mass is 838 g/mol. The van der Waals surface area contributed by atoms with Gasteiger partial charge in [-0.2, -0.15) is 70.2 Å². The maximum absolute atomic E-state index is 11.8. The topological polar surface area (TPSA) is 46.2 Å². The molecule has 55 heavy (non-hydrogen) atoms. The van der Waals surface area contributed by atoms with Gasteiger partial charge >= 0.3 is 48.1 Å². The molecule has 0 saturated carbocycles. The number of rotatable bonds is 2. The molecule has 2 aromatic carbocycles. The number of benzene rings is 2. The fourth-order valence-electron chi connectivity index (χ4n) is 3.11. The van der Waals surface area contributed by atoms with E-state index in [2.05, 4.69) is 18.9 Å². The molecule has 2 aromatic rings. The average Bonchev–Trinajstić information content (AvgIpc) is 3.57. The van der Waals surface area contributed by atoms with Crippen molar-refractivity contribution in [1.82, 2.24) is 0 Å². The van der Waals surface area contributed by atoms with E-state index in [0.29, 0.717) is 0 Å². The highest BCUT2D eigenvalue weighted by Gasteiger charge is 2.68. The average molecular weight is 838 g/mol. The summed E-state index contributed by atoms with van der Waals surface area (Å²) in [6.45, 7) is 4.10.